The van der Waals surface area contributed by atoms with Crippen LogP contribution in [0.2, 0.25) is 0 Å². The fraction of sp³-hybridized carbons (Fsp3) is 0.860. The summed E-state index contributed by atoms with van der Waals surface area (Å²) in [5.74, 6) is -1.98. The van der Waals surface area contributed by atoms with Crippen LogP contribution in [0.5, 0.6) is 0 Å². The van der Waals surface area contributed by atoms with E-state index in [9.17, 15) is 37.9 Å². The molecule has 0 radical (unpaired) electrons. The van der Waals surface area contributed by atoms with Gasteiger partial charge in [0, 0.05) is 12.8 Å². The van der Waals surface area contributed by atoms with E-state index in [0.29, 0.717) is 12.8 Å². The Morgan fingerprint density at radius 1 is 0.486 bits per heavy atom. The highest BCUT2D eigenvalue weighted by Crippen LogP contribution is 2.24. The molecule has 6 atom stereocenters. The van der Waals surface area contributed by atoms with Crippen molar-refractivity contribution in [2.75, 3.05) is 19.0 Å². The lowest BCUT2D eigenvalue weighted by Crippen LogP contribution is -2.60. The monoisotopic (exact) mass is 1010 g/mol. The van der Waals surface area contributed by atoms with Crippen molar-refractivity contribution < 1.29 is 56.8 Å². The smallest absolute Gasteiger partial charge is 0.306 e. The standard InChI is InChI=1S/C57H104O12S/c1-3-5-7-9-11-13-15-17-19-21-23-25-27-29-31-33-35-37-39-41-43-45-52(58)66-47-50(48-67-57-56(62)55(61)54(60)51(69-57)49-70(63,64)65)68-53(59)46-44-42-40-38-36-34-32-30-28-26-24-22-20-18-16-14-12-10-8-6-4-2/h16,18,21-24,50-51,54-57,60-62H,3-15,17,19-20,25-49H2,1-2H3,(H,63,64,65)/b18-16-,23-21-,24-22-. The van der Waals surface area contributed by atoms with Crippen molar-refractivity contribution in [1.82, 2.24) is 0 Å². The van der Waals surface area contributed by atoms with Gasteiger partial charge in [-0.25, -0.2) is 0 Å². The summed E-state index contributed by atoms with van der Waals surface area (Å²) in [6, 6.07) is 0. The zero-order chi connectivity index (χ0) is 51.2. The van der Waals surface area contributed by atoms with E-state index in [1.54, 1.807) is 0 Å². The molecule has 0 aromatic rings. The van der Waals surface area contributed by atoms with Crippen molar-refractivity contribution in [3.05, 3.63) is 36.5 Å². The average Bonchev–Trinajstić information content (AvgIpc) is 3.33. The molecule has 1 rings (SSSR count). The van der Waals surface area contributed by atoms with Crippen LogP contribution >= 0.6 is 0 Å². The highest BCUT2D eigenvalue weighted by atomic mass is 32.2. The zero-order valence-corrected chi connectivity index (χ0v) is 45.2. The molecule has 0 aromatic carbocycles. The second-order valence-electron chi connectivity index (χ2n) is 19.9. The maximum atomic E-state index is 12.9. The lowest BCUT2D eigenvalue weighted by Gasteiger charge is -2.40. The number of ether oxygens (including phenoxy) is 4. The predicted octanol–water partition coefficient (Wildman–Crippen LogP) is 13.7. The van der Waals surface area contributed by atoms with Gasteiger partial charge in [0.25, 0.3) is 10.1 Å². The fourth-order valence-corrected chi connectivity index (χ4v) is 9.45. The largest absolute Gasteiger partial charge is 0.462 e. The van der Waals surface area contributed by atoms with Gasteiger partial charge < -0.3 is 34.3 Å². The van der Waals surface area contributed by atoms with Crippen LogP contribution in [0.3, 0.4) is 0 Å². The van der Waals surface area contributed by atoms with Crippen molar-refractivity contribution in [1.29, 1.82) is 0 Å². The quantitative estimate of drug-likeness (QED) is 0.0196. The maximum absolute atomic E-state index is 12.9. The van der Waals surface area contributed by atoms with Crippen LogP contribution in [-0.4, -0.2) is 96.0 Å². The van der Waals surface area contributed by atoms with Gasteiger partial charge in [-0.05, 0) is 70.6 Å². The van der Waals surface area contributed by atoms with Crippen LogP contribution < -0.4 is 0 Å². The van der Waals surface area contributed by atoms with Crippen LogP contribution in [0.4, 0.5) is 0 Å². The molecule has 1 fully saturated rings. The van der Waals surface area contributed by atoms with Gasteiger partial charge in [-0.2, -0.15) is 8.42 Å². The van der Waals surface area contributed by atoms with Crippen molar-refractivity contribution in [2.24, 2.45) is 0 Å². The summed E-state index contributed by atoms with van der Waals surface area (Å²) in [4.78, 5) is 25.6. The minimum Gasteiger partial charge on any atom is -0.462 e. The van der Waals surface area contributed by atoms with Crippen molar-refractivity contribution >= 4 is 22.1 Å². The van der Waals surface area contributed by atoms with E-state index >= 15 is 0 Å². The first-order chi connectivity index (χ1) is 34.0. The predicted molar refractivity (Wildman–Crippen MR) is 284 cm³/mol. The van der Waals surface area contributed by atoms with Crippen LogP contribution in [0.1, 0.15) is 258 Å². The Morgan fingerprint density at radius 2 is 0.857 bits per heavy atom. The first-order valence-electron chi connectivity index (χ1n) is 28.5. The molecule has 0 bridgehead atoms. The van der Waals surface area contributed by atoms with Gasteiger partial charge in [0.15, 0.2) is 12.4 Å². The normalized spacial score (nSPS) is 19.2. The number of hydrogen-bond donors (Lipinski definition) is 4. The number of rotatable bonds is 49. The minimum atomic E-state index is -4.61. The number of hydrogen-bond acceptors (Lipinski definition) is 11. The lowest BCUT2D eigenvalue weighted by molar-refractivity contribution is -0.297. The second kappa shape index (κ2) is 46.6. The van der Waals surface area contributed by atoms with Gasteiger partial charge in [0.05, 0.1) is 6.61 Å². The minimum absolute atomic E-state index is 0.160. The van der Waals surface area contributed by atoms with Gasteiger partial charge in [0.1, 0.15) is 36.8 Å². The fourth-order valence-electron chi connectivity index (χ4n) is 8.76. The van der Waals surface area contributed by atoms with Crippen LogP contribution in [0.25, 0.3) is 0 Å². The van der Waals surface area contributed by atoms with E-state index in [1.807, 2.05) is 0 Å². The Morgan fingerprint density at radius 3 is 1.27 bits per heavy atom. The number of carbonyl (C=O) groups excluding carboxylic acids is 2. The molecule has 13 heteroatoms. The average molecular weight is 1010 g/mol. The molecule has 0 aromatic heterocycles. The van der Waals surface area contributed by atoms with E-state index in [-0.39, 0.29) is 19.4 Å². The second-order valence-corrected chi connectivity index (χ2v) is 21.4. The summed E-state index contributed by atoms with van der Waals surface area (Å²) < 4.78 is 54.4. The number of allylic oxidation sites excluding steroid dienone is 6. The Balaban J connectivity index is 2.32. The molecule has 0 aliphatic carbocycles. The summed E-state index contributed by atoms with van der Waals surface area (Å²) in [7, 11) is -4.61. The van der Waals surface area contributed by atoms with Gasteiger partial charge in [-0.3, -0.25) is 14.1 Å². The van der Waals surface area contributed by atoms with E-state index in [4.69, 9.17) is 18.9 Å². The molecule has 0 spiro atoms. The van der Waals surface area contributed by atoms with Crippen LogP contribution in [0, 0.1) is 0 Å². The molecule has 1 heterocycles. The summed E-state index contributed by atoms with van der Waals surface area (Å²) in [5, 5.41) is 31.0. The van der Waals surface area contributed by atoms with Crippen LogP contribution in [-0.2, 0) is 38.7 Å². The van der Waals surface area contributed by atoms with Crippen molar-refractivity contribution in [2.45, 2.75) is 295 Å². The summed E-state index contributed by atoms with van der Waals surface area (Å²) >= 11 is 0. The number of carbonyl (C=O) groups is 2. The number of unbranched alkanes of at least 4 members (excludes halogenated alkanes) is 31. The van der Waals surface area contributed by atoms with Crippen molar-refractivity contribution in [3.63, 3.8) is 0 Å². The SMILES string of the molecule is CCCCCCC/C=C\C/C=C\CCCCCCCCCCCC(=O)OC(COC(=O)CCCCCCCCCCC/C=C\CCCCCCCCCC)COC1OC(CS(=O)(=O)O)C(O)C(O)C1O. The summed E-state index contributed by atoms with van der Waals surface area (Å²) in [5.41, 5.74) is 0. The highest BCUT2D eigenvalue weighted by molar-refractivity contribution is 7.85. The number of aliphatic hydroxyl groups excluding tert-OH is 3. The first kappa shape index (κ1) is 65.9. The third kappa shape index (κ3) is 40.4. The molecule has 0 amide bonds. The molecule has 70 heavy (non-hydrogen) atoms. The third-order valence-corrected chi connectivity index (χ3v) is 13.9. The van der Waals surface area contributed by atoms with E-state index in [2.05, 4.69) is 50.3 Å². The van der Waals surface area contributed by atoms with E-state index < -0.39 is 71.2 Å². The topological polar surface area (TPSA) is 186 Å². The van der Waals surface area contributed by atoms with Crippen LogP contribution in [0.15, 0.2) is 36.5 Å². The van der Waals surface area contributed by atoms with E-state index in [0.717, 1.165) is 57.8 Å². The molecule has 410 valence electrons. The number of esters is 2. The first-order valence-corrected chi connectivity index (χ1v) is 30.2. The van der Waals surface area contributed by atoms with Gasteiger partial charge in [-0.15, -0.1) is 0 Å². The zero-order valence-electron chi connectivity index (χ0n) is 44.4. The Bertz CT molecular complexity index is 1420. The van der Waals surface area contributed by atoms with Crippen molar-refractivity contribution in [3.8, 4) is 0 Å². The van der Waals surface area contributed by atoms with E-state index in [1.165, 1.54) is 161 Å². The molecular formula is C57H104O12S. The molecule has 1 aliphatic rings. The molecule has 12 nitrogen and oxygen atoms in total. The molecule has 4 N–H and O–H groups in total. The molecule has 6 unspecified atom stereocenters. The molecule has 0 saturated carbocycles. The summed E-state index contributed by atoms with van der Waals surface area (Å²) in [6.45, 7) is 3.79. The summed E-state index contributed by atoms with van der Waals surface area (Å²) in [6.07, 6.45) is 47.5. The Kier molecular flexibility index (Phi) is 43.9. The third-order valence-electron chi connectivity index (χ3n) is 13.2. The Hall–Kier alpha value is -2.13. The lowest BCUT2D eigenvalue weighted by atomic mass is 10.00. The molecule has 1 aliphatic heterocycles. The number of aliphatic hydroxyl groups is 3. The highest BCUT2D eigenvalue weighted by Gasteiger charge is 2.46. The maximum Gasteiger partial charge on any atom is 0.306 e. The van der Waals surface area contributed by atoms with Gasteiger partial charge in [-0.1, -0.05) is 211 Å². The molecular weight excluding hydrogens is 909 g/mol. The van der Waals surface area contributed by atoms with Gasteiger partial charge in [0.2, 0.25) is 0 Å². The van der Waals surface area contributed by atoms with Gasteiger partial charge >= 0.3 is 11.9 Å². The molecule has 1 saturated heterocycles. The Labute approximate surface area is 427 Å².